The molecule has 0 radical (unpaired) electrons. The highest BCUT2D eigenvalue weighted by atomic mass is 16.5. The molecule has 0 fully saturated rings. The van der Waals surface area contributed by atoms with Crippen LogP contribution in [-0.2, 0) is 9.53 Å². The van der Waals surface area contributed by atoms with Crippen LogP contribution in [0.4, 0.5) is 5.95 Å². The van der Waals surface area contributed by atoms with Crippen LogP contribution in [-0.4, -0.2) is 39.4 Å². The molecule has 1 aromatic heterocycles. The predicted molar refractivity (Wildman–Crippen MR) is 86.5 cm³/mol. The second kappa shape index (κ2) is 6.31. The molecule has 8 nitrogen and oxygen atoms in total. The van der Waals surface area contributed by atoms with Crippen LogP contribution < -0.4 is 10.1 Å². The first-order valence-corrected chi connectivity index (χ1v) is 7.62. The van der Waals surface area contributed by atoms with Gasteiger partial charge in [-0.05, 0) is 48.9 Å². The van der Waals surface area contributed by atoms with Gasteiger partial charge in [0, 0.05) is 5.70 Å². The fourth-order valence-corrected chi connectivity index (χ4v) is 2.70. The zero-order valence-electron chi connectivity index (χ0n) is 14.0. The molecule has 1 aliphatic rings. The summed E-state index contributed by atoms with van der Waals surface area (Å²) in [6.45, 7) is 5.73. The zero-order valence-corrected chi connectivity index (χ0v) is 14.0. The van der Waals surface area contributed by atoms with Gasteiger partial charge in [0.05, 0.1) is 18.8 Å². The average molecular weight is 329 g/mol. The van der Waals surface area contributed by atoms with Crippen LogP contribution in [0, 0.1) is 0 Å². The van der Waals surface area contributed by atoms with Gasteiger partial charge >= 0.3 is 5.97 Å². The van der Waals surface area contributed by atoms with Crippen molar-refractivity contribution in [3.8, 4) is 5.75 Å². The van der Waals surface area contributed by atoms with E-state index in [0.29, 0.717) is 17.2 Å². The van der Waals surface area contributed by atoms with Crippen molar-refractivity contribution < 1.29 is 14.3 Å². The Morgan fingerprint density at radius 1 is 1.29 bits per heavy atom. The van der Waals surface area contributed by atoms with Crippen molar-refractivity contribution in [2.75, 3.05) is 12.4 Å². The third-order valence-corrected chi connectivity index (χ3v) is 3.69. The van der Waals surface area contributed by atoms with Gasteiger partial charge in [0.25, 0.3) is 0 Å². The lowest BCUT2D eigenvalue weighted by Gasteiger charge is -2.27. The van der Waals surface area contributed by atoms with E-state index in [-0.39, 0.29) is 6.10 Å². The number of nitrogens with zero attached hydrogens (tertiary/aromatic N) is 4. The number of rotatable bonds is 4. The Morgan fingerprint density at radius 2 is 2.00 bits per heavy atom. The first-order chi connectivity index (χ1) is 11.5. The van der Waals surface area contributed by atoms with E-state index in [2.05, 4.69) is 20.8 Å². The molecule has 0 spiro atoms. The standard InChI is InChI=1S/C16H19N5O3/c1-9(2)24-12-7-5-11(6-8-12)14-13(15(22)23-4)10(3)17-16-18-19-20-21(14)16/h5-9,14H,1-4H3,(H,17,18,20). The summed E-state index contributed by atoms with van der Waals surface area (Å²) in [5.41, 5.74) is 1.99. The molecule has 1 N–H and O–H groups in total. The lowest BCUT2D eigenvalue weighted by molar-refractivity contribution is -0.136. The predicted octanol–water partition coefficient (Wildman–Crippen LogP) is 1.92. The minimum absolute atomic E-state index is 0.0913. The van der Waals surface area contributed by atoms with Crippen molar-refractivity contribution >= 4 is 11.9 Å². The Balaban J connectivity index is 2.04. The number of fused-ring (bicyclic) bond motifs is 1. The Morgan fingerprint density at radius 3 is 2.62 bits per heavy atom. The summed E-state index contributed by atoms with van der Waals surface area (Å²) >= 11 is 0. The maximum atomic E-state index is 12.3. The molecule has 8 heteroatoms. The summed E-state index contributed by atoms with van der Waals surface area (Å²) in [7, 11) is 1.36. The van der Waals surface area contributed by atoms with E-state index in [0.717, 1.165) is 11.3 Å². The van der Waals surface area contributed by atoms with Gasteiger partial charge in [-0.15, -0.1) is 0 Å². The van der Waals surface area contributed by atoms with Crippen LogP contribution in [0.5, 0.6) is 5.75 Å². The topological polar surface area (TPSA) is 91.2 Å². The van der Waals surface area contributed by atoms with E-state index in [9.17, 15) is 4.79 Å². The van der Waals surface area contributed by atoms with Gasteiger partial charge in [0.2, 0.25) is 5.95 Å². The maximum absolute atomic E-state index is 12.3. The molecule has 0 amide bonds. The number of esters is 1. The number of carbonyl (C=O) groups excluding carboxylic acids is 1. The Labute approximate surface area is 139 Å². The minimum Gasteiger partial charge on any atom is -0.491 e. The molecule has 1 atom stereocenters. The van der Waals surface area contributed by atoms with E-state index in [4.69, 9.17) is 9.47 Å². The van der Waals surface area contributed by atoms with Gasteiger partial charge in [-0.25, -0.2) is 4.79 Å². The van der Waals surface area contributed by atoms with E-state index in [1.165, 1.54) is 7.11 Å². The fraction of sp³-hybridized carbons (Fsp3) is 0.375. The SMILES string of the molecule is COC(=O)C1=C(C)Nc2nnnn2C1c1ccc(OC(C)C)cc1. The number of aromatic nitrogens is 4. The van der Waals surface area contributed by atoms with Crippen LogP contribution in [0.25, 0.3) is 0 Å². The number of methoxy groups -OCH3 is 1. The zero-order chi connectivity index (χ0) is 17.3. The molecule has 24 heavy (non-hydrogen) atoms. The third-order valence-electron chi connectivity index (χ3n) is 3.69. The highest BCUT2D eigenvalue weighted by Crippen LogP contribution is 2.35. The summed E-state index contributed by atoms with van der Waals surface area (Å²) < 4.78 is 12.2. The van der Waals surface area contributed by atoms with Crippen molar-refractivity contribution in [1.82, 2.24) is 20.2 Å². The first-order valence-electron chi connectivity index (χ1n) is 7.62. The fourth-order valence-electron chi connectivity index (χ4n) is 2.70. The van der Waals surface area contributed by atoms with Crippen molar-refractivity contribution in [3.63, 3.8) is 0 Å². The lowest BCUT2D eigenvalue weighted by atomic mass is 9.96. The average Bonchev–Trinajstić information content (AvgIpc) is 3.01. The number of anilines is 1. The minimum atomic E-state index is -0.461. The van der Waals surface area contributed by atoms with E-state index in [1.807, 2.05) is 38.1 Å². The Bertz CT molecular complexity index is 779. The number of ether oxygens (including phenoxy) is 2. The highest BCUT2D eigenvalue weighted by Gasteiger charge is 2.34. The third kappa shape index (κ3) is 2.82. The van der Waals surface area contributed by atoms with Crippen molar-refractivity contribution in [3.05, 3.63) is 41.1 Å². The molecule has 3 rings (SSSR count). The number of nitrogens with one attached hydrogen (secondary N) is 1. The van der Waals surface area contributed by atoms with Gasteiger partial charge in [-0.3, -0.25) is 0 Å². The quantitative estimate of drug-likeness (QED) is 0.857. The summed E-state index contributed by atoms with van der Waals surface area (Å²) in [5, 5.41) is 14.7. The van der Waals surface area contributed by atoms with Crippen LogP contribution in [0.2, 0.25) is 0 Å². The number of benzene rings is 1. The summed E-state index contributed by atoms with van der Waals surface area (Å²) in [4.78, 5) is 12.3. The van der Waals surface area contributed by atoms with Gasteiger partial charge in [-0.1, -0.05) is 17.2 Å². The number of allylic oxidation sites excluding steroid dienone is 1. The Hall–Kier alpha value is -2.90. The normalized spacial score (nSPS) is 16.6. The molecule has 0 saturated carbocycles. The lowest BCUT2D eigenvalue weighted by Crippen LogP contribution is -2.29. The van der Waals surface area contributed by atoms with Crippen molar-refractivity contribution in [1.29, 1.82) is 0 Å². The van der Waals surface area contributed by atoms with Gasteiger partial charge in [0.15, 0.2) is 0 Å². The van der Waals surface area contributed by atoms with Gasteiger partial charge in [0.1, 0.15) is 11.8 Å². The number of hydrogen-bond acceptors (Lipinski definition) is 7. The summed E-state index contributed by atoms with van der Waals surface area (Å²) in [5.74, 6) is 0.821. The maximum Gasteiger partial charge on any atom is 0.338 e. The largest absolute Gasteiger partial charge is 0.491 e. The molecule has 1 aliphatic heterocycles. The van der Waals surface area contributed by atoms with Crippen LogP contribution in [0.1, 0.15) is 32.4 Å². The Kier molecular flexibility index (Phi) is 4.20. The molecule has 0 aliphatic carbocycles. The molecule has 0 saturated heterocycles. The van der Waals surface area contributed by atoms with Crippen molar-refractivity contribution in [2.45, 2.75) is 32.9 Å². The molecular weight excluding hydrogens is 310 g/mol. The van der Waals surface area contributed by atoms with Crippen LogP contribution in [0.3, 0.4) is 0 Å². The summed E-state index contributed by atoms with van der Waals surface area (Å²) in [6, 6.07) is 7.07. The molecule has 0 bridgehead atoms. The molecule has 1 aromatic carbocycles. The number of hydrogen-bond donors (Lipinski definition) is 1. The highest BCUT2D eigenvalue weighted by molar-refractivity contribution is 5.92. The van der Waals surface area contributed by atoms with E-state index < -0.39 is 12.0 Å². The molecular formula is C16H19N5O3. The van der Waals surface area contributed by atoms with E-state index >= 15 is 0 Å². The smallest absolute Gasteiger partial charge is 0.338 e. The van der Waals surface area contributed by atoms with Gasteiger partial charge < -0.3 is 14.8 Å². The van der Waals surface area contributed by atoms with Crippen LogP contribution in [0.15, 0.2) is 35.5 Å². The number of tetrazole rings is 1. The molecule has 2 heterocycles. The first kappa shape index (κ1) is 16.0. The second-order valence-electron chi connectivity index (χ2n) is 5.74. The van der Waals surface area contributed by atoms with E-state index in [1.54, 1.807) is 11.6 Å². The van der Waals surface area contributed by atoms with Gasteiger partial charge in [-0.2, -0.15) is 4.68 Å². The van der Waals surface area contributed by atoms with Crippen molar-refractivity contribution in [2.24, 2.45) is 0 Å². The monoisotopic (exact) mass is 329 g/mol. The molecule has 2 aromatic rings. The summed E-state index contributed by atoms with van der Waals surface area (Å²) in [6.07, 6.45) is 0.0913. The molecule has 1 unspecified atom stereocenters. The molecule has 126 valence electrons. The van der Waals surface area contributed by atoms with Crippen LogP contribution >= 0.6 is 0 Å². The number of carbonyl (C=O) groups is 1. The second-order valence-corrected chi connectivity index (χ2v) is 5.74.